The van der Waals surface area contributed by atoms with E-state index in [-0.39, 0.29) is 5.91 Å². The van der Waals surface area contributed by atoms with E-state index in [0.29, 0.717) is 26.3 Å². The van der Waals surface area contributed by atoms with Gasteiger partial charge in [-0.2, -0.15) is 0 Å². The molecule has 0 aromatic rings. The van der Waals surface area contributed by atoms with E-state index in [0.717, 1.165) is 0 Å². The van der Waals surface area contributed by atoms with E-state index in [1.807, 2.05) is 0 Å². The van der Waals surface area contributed by atoms with Gasteiger partial charge in [0.05, 0.1) is 19.3 Å². The van der Waals surface area contributed by atoms with Gasteiger partial charge in [-0.3, -0.25) is 4.79 Å². The molecule has 5 nitrogen and oxygen atoms in total. The van der Waals surface area contributed by atoms with Crippen molar-refractivity contribution in [3.05, 3.63) is 0 Å². The lowest BCUT2D eigenvalue weighted by Gasteiger charge is -2.29. The summed E-state index contributed by atoms with van der Waals surface area (Å²) in [5.41, 5.74) is 5.51. The Labute approximate surface area is 77.5 Å². The maximum Gasteiger partial charge on any atom is 0.242 e. The van der Waals surface area contributed by atoms with Crippen molar-refractivity contribution in [1.29, 1.82) is 0 Å². The SMILES string of the molecule is C[C@@H](O)[C@H](N)C(=O)N1CCOCC1. The highest BCUT2D eigenvalue weighted by Crippen LogP contribution is 2.01. The molecule has 1 rings (SSSR count). The molecule has 1 aliphatic heterocycles. The van der Waals surface area contributed by atoms with E-state index in [1.165, 1.54) is 6.92 Å². The minimum absolute atomic E-state index is 0.196. The fraction of sp³-hybridized carbons (Fsp3) is 0.875. The molecule has 2 atom stereocenters. The first-order valence-corrected chi connectivity index (χ1v) is 4.43. The Bertz CT molecular complexity index is 178. The third-order valence-electron chi connectivity index (χ3n) is 2.13. The first-order chi connectivity index (χ1) is 6.13. The summed E-state index contributed by atoms with van der Waals surface area (Å²) >= 11 is 0. The number of nitrogens with two attached hydrogens (primary N) is 1. The third-order valence-corrected chi connectivity index (χ3v) is 2.13. The number of aliphatic hydroxyl groups excluding tert-OH is 1. The highest BCUT2D eigenvalue weighted by Gasteiger charge is 2.25. The molecule has 1 aliphatic rings. The summed E-state index contributed by atoms with van der Waals surface area (Å²) in [5.74, 6) is -0.196. The Morgan fingerprint density at radius 3 is 2.54 bits per heavy atom. The lowest BCUT2D eigenvalue weighted by molar-refractivity contribution is -0.138. The number of hydrogen-bond acceptors (Lipinski definition) is 4. The van der Waals surface area contributed by atoms with Gasteiger partial charge >= 0.3 is 0 Å². The maximum atomic E-state index is 11.5. The second-order valence-corrected chi connectivity index (χ2v) is 3.20. The van der Waals surface area contributed by atoms with E-state index >= 15 is 0 Å². The van der Waals surface area contributed by atoms with Gasteiger partial charge in [-0.25, -0.2) is 0 Å². The van der Waals surface area contributed by atoms with Gasteiger partial charge in [0.15, 0.2) is 0 Å². The number of hydrogen-bond donors (Lipinski definition) is 2. The molecule has 76 valence electrons. The van der Waals surface area contributed by atoms with Gasteiger partial charge in [0.2, 0.25) is 5.91 Å². The lowest BCUT2D eigenvalue weighted by Crippen LogP contribution is -2.52. The van der Waals surface area contributed by atoms with Gasteiger partial charge in [0.1, 0.15) is 6.04 Å². The van der Waals surface area contributed by atoms with E-state index in [9.17, 15) is 4.79 Å². The Balaban J connectivity index is 2.45. The van der Waals surface area contributed by atoms with Crippen molar-refractivity contribution in [2.24, 2.45) is 5.73 Å². The van der Waals surface area contributed by atoms with Crippen molar-refractivity contribution in [2.45, 2.75) is 19.1 Å². The summed E-state index contributed by atoms with van der Waals surface area (Å²) in [7, 11) is 0. The normalized spacial score (nSPS) is 22.5. The molecule has 0 radical (unpaired) electrons. The largest absolute Gasteiger partial charge is 0.391 e. The molecule has 13 heavy (non-hydrogen) atoms. The van der Waals surface area contributed by atoms with E-state index < -0.39 is 12.1 Å². The van der Waals surface area contributed by atoms with Gasteiger partial charge in [-0.15, -0.1) is 0 Å². The van der Waals surface area contributed by atoms with Crippen LogP contribution in [0.4, 0.5) is 0 Å². The molecule has 0 spiro atoms. The van der Waals surface area contributed by atoms with Crippen LogP contribution < -0.4 is 5.73 Å². The summed E-state index contributed by atoms with van der Waals surface area (Å²) in [6, 6.07) is -0.807. The summed E-state index contributed by atoms with van der Waals surface area (Å²) in [5, 5.41) is 9.12. The van der Waals surface area contributed by atoms with E-state index in [2.05, 4.69) is 0 Å². The van der Waals surface area contributed by atoms with Crippen LogP contribution in [0, 0.1) is 0 Å². The molecule has 0 unspecified atom stereocenters. The van der Waals surface area contributed by atoms with Gasteiger partial charge in [-0.05, 0) is 6.92 Å². The Morgan fingerprint density at radius 1 is 1.54 bits per heavy atom. The highest BCUT2D eigenvalue weighted by molar-refractivity contribution is 5.82. The third kappa shape index (κ3) is 2.65. The maximum absolute atomic E-state index is 11.5. The molecule has 5 heteroatoms. The van der Waals surface area contributed by atoms with E-state index in [1.54, 1.807) is 4.90 Å². The zero-order valence-electron chi connectivity index (χ0n) is 7.77. The zero-order chi connectivity index (χ0) is 9.84. The lowest BCUT2D eigenvalue weighted by atomic mass is 10.1. The Morgan fingerprint density at radius 2 is 2.08 bits per heavy atom. The fourth-order valence-corrected chi connectivity index (χ4v) is 1.20. The zero-order valence-corrected chi connectivity index (χ0v) is 7.77. The van der Waals surface area contributed by atoms with Crippen LogP contribution in [0.3, 0.4) is 0 Å². The molecule has 0 aromatic carbocycles. The quantitative estimate of drug-likeness (QED) is 0.556. The summed E-state index contributed by atoms with van der Waals surface area (Å²) in [4.78, 5) is 13.2. The van der Waals surface area contributed by atoms with Crippen LogP contribution in [0.1, 0.15) is 6.92 Å². The van der Waals surface area contributed by atoms with Gasteiger partial charge in [0.25, 0.3) is 0 Å². The van der Waals surface area contributed by atoms with Crippen LogP contribution in [-0.4, -0.2) is 54.4 Å². The van der Waals surface area contributed by atoms with Crippen LogP contribution in [0.15, 0.2) is 0 Å². The summed E-state index contributed by atoms with van der Waals surface area (Å²) in [6.45, 7) is 3.76. The molecule has 0 aromatic heterocycles. The number of carbonyl (C=O) groups is 1. The van der Waals surface area contributed by atoms with Crippen molar-refractivity contribution in [1.82, 2.24) is 4.90 Å². The number of aliphatic hydroxyl groups is 1. The molecular weight excluding hydrogens is 172 g/mol. The number of rotatable bonds is 2. The average molecular weight is 188 g/mol. The van der Waals surface area contributed by atoms with Crippen molar-refractivity contribution in [3.8, 4) is 0 Å². The van der Waals surface area contributed by atoms with Gasteiger partial charge in [-0.1, -0.05) is 0 Å². The van der Waals surface area contributed by atoms with Crippen LogP contribution in [-0.2, 0) is 9.53 Å². The smallest absolute Gasteiger partial charge is 0.242 e. The van der Waals surface area contributed by atoms with Gasteiger partial charge < -0.3 is 20.5 Å². The monoisotopic (exact) mass is 188 g/mol. The Kier molecular flexibility index (Phi) is 3.65. The van der Waals surface area contributed by atoms with Crippen molar-refractivity contribution < 1.29 is 14.6 Å². The minimum atomic E-state index is -0.807. The summed E-state index contributed by atoms with van der Waals surface area (Å²) in [6.07, 6.45) is -0.796. The van der Waals surface area contributed by atoms with Crippen LogP contribution in [0.2, 0.25) is 0 Å². The van der Waals surface area contributed by atoms with Crippen molar-refractivity contribution >= 4 is 5.91 Å². The molecule has 0 aliphatic carbocycles. The van der Waals surface area contributed by atoms with Crippen molar-refractivity contribution in [2.75, 3.05) is 26.3 Å². The van der Waals surface area contributed by atoms with Crippen LogP contribution in [0.5, 0.6) is 0 Å². The standard InChI is InChI=1S/C8H16N2O3/c1-6(11)7(9)8(12)10-2-4-13-5-3-10/h6-7,11H,2-5,9H2,1H3/t6-,7+/m1/s1. The van der Waals surface area contributed by atoms with E-state index in [4.69, 9.17) is 15.6 Å². The topological polar surface area (TPSA) is 75.8 Å². The number of nitrogens with zero attached hydrogens (tertiary/aromatic N) is 1. The molecule has 1 fully saturated rings. The average Bonchev–Trinajstić information content (AvgIpc) is 2.17. The number of amides is 1. The molecule has 0 saturated carbocycles. The summed E-state index contributed by atoms with van der Waals surface area (Å²) < 4.78 is 5.09. The molecule has 1 heterocycles. The molecule has 1 saturated heterocycles. The molecular formula is C8H16N2O3. The number of ether oxygens (including phenoxy) is 1. The fourth-order valence-electron chi connectivity index (χ4n) is 1.20. The highest BCUT2D eigenvalue weighted by atomic mass is 16.5. The second-order valence-electron chi connectivity index (χ2n) is 3.20. The Hall–Kier alpha value is -0.650. The first kappa shape index (κ1) is 10.4. The molecule has 0 bridgehead atoms. The van der Waals surface area contributed by atoms with Gasteiger partial charge in [0, 0.05) is 13.1 Å². The number of carbonyl (C=O) groups excluding carboxylic acids is 1. The number of morpholine rings is 1. The van der Waals surface area contributed by atoms with Crippen molar-refractivity contribution in [3.63, 3.8) is 0 Å². The molecule has 3 N–H and O–H groups in total. The first-order valence-electron chi connectivity index (χ1n) is 4.43. The second kappa shape index (κ2) is 4.55. The van der Waals surface area contributed by atoms with Crippen LogP contribution in [0.25, 0.3) is 0 Å². The predicted molar refractivity (Wildman–Crippen MR) is 47.1 cm³/mol. The molecule has 1 amide bonds. The minimum Gasteiger partial charge on any atom is -0.391 e. The predicted octanol–water partition coefficient (Wildman–Crippen LogP) is -1.45. The van der Waals surface area contributed by atoms with Crippen LogP contribution >= 0.6 is 0 Å².